The van der Waals surface area contributed by atoms with Crippen molar-refractivity contribution < 1.29 is 28.6 Å². The molecule has 1 unspecified atom stereocenters. The van der Waals surface area contributed by atoms with Crippen LogP contribution in [0.4, 0.5) is 0 Å². The Labute approximate surface area is 493 Å². The van der Waals surface area contributed by atoms with E-state index in [4.69, 9.17) is 14.2 Å². The first-order valence-electron chi connectivity index (χ1n) is 35.5. The fourth-order valence-corrected chi connectivity index (χ4v) is 10.9. The van der Waals surface area contributed by atoms with Gasteiger partial charge in [0.2, 0.25) is 0 Å². The first-order chi connectivity index (χ1) is 39.0. The Morgan fingerprint density at radius 1 is 0.266 bits per heavy atom. The summed E-state index contributed by atoms with van der Waals surface area (Å²) in [7, 11) is 0. The van der Waals surface area contributed by atoms with Crippen molar-refractivity contribution >= 4 is 17.9 Å². The van der Waals surface area contributed by atoms with E-state index < -0.39 is 6.10 Å². The molecule has 1 atom stereocenters. The molecule has 0 N–H and O–H groups in total. The molecule has 0 heterocycles. The highest BCUT2D eigenvalue weighted by Crippen LogP contribution is 2.19. The molecule has 464 valence electrons. The van der Waals surface area contributed by atoms with E-state index in [1.54, 1.807) is 0 Å². The fourth-order valence-electron chi connectivity index (χ4n) is 10.9. The summed E-state index contributed by atoms with van der Waals surface area (Å²) >= 11 is 0. The van der Waals surface area contributed by atoms with E-state index in [9.17, 15) is 14.4 Å². The molecule has 0 saturated heterocycles. The fraction of sp³-hybridized carbons (Fsp3) is 0.877. The zero-order valence-corrected chi connectivity index (χ0v) is 53.4. The van der Waals surface area contributed by atoms with Gasteiger partial charge in [-0.25, -0.2) is 0 Å². The van der Waals surface area contributed by atoms with Gasteiger partial charge in [-0.2, -0.15) is 0 Å². The minimum Gasteiger partial charge on any atom is -0.462 e. The molecule has 6 nitrogen and oxygen atoms in total. The maximum atomic E-state index is 12.9. The average molecular weight is 1110 g/mol. The number of allylic oxidation sites excluding steroid dienone is 6. The van der Waals surface area contributed by atoms with E-state index in [0.29, 0.717) is 19.3 Å². The summed E-state index contributed by atoms with van der Waals surface area (Å²) < 4.78 is 16.9. The van der Waals surface area contributed by atoms with Crippen molar-refractivity contribution in [3.63, 3.8) is 0 Å². The van der Waals surface area contributed by atoms with Crippen LogP contribution in [0.5, 0.6) is 0 Å². The molecule has 0 rings (SSSR count). The van der Waals surface area contributed by atoms with Gasteiger partial charge in [0.05, 0.1) is 0 Å². The summed E-state index contributed by atoms with van der Waals surface area (Å²) in [6.07, 6.45) is 85.0. The topological polar surface area (TPSA) is 78.9 Å². The van der Waals surface area contributed by atoms with Crippen LogP contribution in [0.3, 0.4) is 0 Å². The van der Waals surface area contributed by atoms with Gasteiger partial charge < -0.3 is 14.2 Å². The van der Waals surface area contributed by atoms with E-state index >= 15 is 0 Å². The van der Waals surface area contributed by atoms with Gasteiger partial charge >= 0.3 is 17.9 Å². The predicted octanol–water partition coefficient (Wildman–Crippen LogP) is 24.3. The number of rotatable bonds is 66. The molecular formula is C73H136O6. The molecule has 0 bridgehead atoms. The lowest BCUT2D eigenvalue weighted by Gasteiger charge is -2.18. The molecular weight excluding hydrogens is 973 g/mol. The van der Waals surface area contributed by atoms with Crippen LogP contribution in [0.1, 0.15) is 393 Å². The lowest BCUT2D eigenvalue weighted by molar-refractivity contribution is -0.167. The molecule has 79 heavy (non-hydrogen) atoms. The molecule has 0 aromatic rings. The van der Waals surface area contributed by atoms with E-state index in [1.807, 2.05) is 0 Å². The Morgan fingerprint density at radius 2 is 0.494 bits per heavy atom. The third-order valence-corrected chi connectivity index (χ3v) is 16.2. The predicted molar refractivity (Wildman–Crippen MR) is 344 cm³/mol. The minimum absolute atomic E-state index is 0.0711. The van der Waals surface area contributed by atoms with Crippen molar-refractivity contribution in [1.29, 1.82) is 0 Å². The number of hydrogen-bond donors (Lipinski definition) is 0. The first-order valence-corrected chi connectivity index (χ1v) is 35.5. The Balaban J connectivity index is 4.01. The Bertz CT molecular complexity index is 1320. The van der Waals surface area contributed by atoms with Crippen LogP contribution in [0, 0.1) is 0 Å². The standard InChI is InChI=1S/C73H136O6/c1-4-7-10-13-16-19-22-24-26-28-29-30-31-32-33-34-35-36-37-38-39-40-41-42-43-44-46-47-49-51-54-57-60-63-66-72(75)78-69-70(68-77-71(74)65-62-59-56-53-21-18-15-12-9-6-3)79-73(76)67-64-61-58-55-52-50-48-45-27-25-23-20-17-14-11-8-5-2/h8,11,17,20,25,27,70H,4-7,9-10,12-16,18-19,21-24,26,28-69H2,1-3H3/b11-8-,20-17-,27-25-. The van der Waals surface area contributed by atoms with E-state index in [1.165, 1.54) is 270 Å². The maximum absolute atomic E-state index is 12.9. The van der Waals surface area contributed by atoms with E-state index in [0.717, 1.165) is 83.5 Å². The van der Waals surface area contributed by atoms with Gasteiger partial charge in [-0.3, -0.25) is 14.4 Å². The molecule has 0 aliphatic rings. The number of carbonyl (C=O) groups excluding carboxylic acids is 3. The van der Waals surface area contributed by atoms with Crippen LogP contribution >= 0.6 is 0 Å². The molecule has 0 spiro atoms. The van der Waals surface area contributed by atoms with Crippen molar-refractivity contribution in [3.8, 4) is 0 Å². The zero-order chi connectivity index (χ0) is 57.1. The van der Waals surface area contributed by atoms with E-state index in [2.05, 4.69) is 57.2 Å². The normalized spacial score (nSPS) is 12.2. The summed E-state index contributed by atoms with van der Waals surface area (Å²) in [5.41, 5.74) is 0. The molecule has 0 aromatic carbocycles. The second kappa shape index (κ2) is 68.1. The van der Waals surface area contributed by atoms with Gasteiger partial charge in [0.25, 0.3) is 0 Å². The van der Waals surface area contributed by atoms with Gasteiger partial charge in [-0.15, -0.1) is 0 Å². The second-order valence-corrected chi connectivity index (χ2v) is 24.1. The van der Waals surface area contributed by atoms with Crippen LogP contribution in [0.2, 0.25) is 0 Å². The lowest BCUT2D eigenvalue weighted by atomic mass is 10.0. The van der Waals surface area contributed by atoms with Gasteiger partial charge in [-0.05, 0) is 51.4 Å². The van der Waals surface area contributed by atoms with Crippen molar-refractivity contribution in [2.24, 2.45) is 0 Å². The number of esters is 3. The minimum atomic E-state index is -0.774. The lowest BCUT2D eigenvalue weighted by Crippen LogP contribution is -2.30. The van der Waals surface area contributed by atoms with E-state index in [-0.39, 0.29) is 31.1 Å². The highest BCUT2D eigenvalue weighted by molar-refractivity contribution is 5.71. The Kier molecular flexibility index (Phi) is 66.1. The van der Waals surface area contributed by atoms with Gasteiger partial charge in [0.15, 0.2) is 6.10 Å². The smallest absolute Gasteiger partial charge is 0.306 e. The zero-order valence-electron chi connectivity index (χ0n) is 53.4. The van der Waals surface area contributed by atoms with Crippen LogP contribution in [-0.2, 0) is 28.6 Å². The van der Waals surface area contributed by atoms with Crippen molar-refractivity contribution in [2.75, 3.05) is 13.2 Å². The molecule has 0 aliphatic carbocycles. The summed E-state index contributed by atoms with van der Waals surface area (Å²) in [5.74, 6) is -0.858. The maximum Gasteiger partial charge on any atom is 0.306 e. The highest BCUT2D eigenvalue weighted by atomic mass is 16.6. The van der Waals surface area contributed by atoms with Crippen LogP contribution in [0.25, 0.3) is 0 Å². The molecule has 0 aliphatic heterocycles. The van der Waals surface area contributed by atoms with Crippen molar-refractivity contribution in [3.05, 3.63) is 36.5 Å². The quantitative estimate of drug-likeness (QED) is 0.0261. The number of ether oxygens (including phenoxy) is 3. The highest BCUT2D eigenvalue weighted by Gasteiger charge is 2.19. The summed E-state index contributed by atoms with van der Waals surface area (Å²) in [6.45, 7) is 6.57. The number of unbranched alkanes of at least 4 members (excludes halogenated alkanes) is 49. The largest absolute Gasteiger partial charge is 0.462 e. The van der Waals surface area contributed by atoms with Gasteiger partial charge in [0, 0.05) is 19.3 Å². The van der Waals surface area contributed by atoms with Crippen LogP contribution in [0.15, 0.2) is 36.5 Å². The third kappa shape index (κ3) is 66.3. The third-order valence-electron chi connectivity index (χ3n) is 16.2. The number of carbonyl (C=O) groups is 3. The van der Waals surface area contributed by atoms with Crippen molar-refractivity contribution in [1.82, 2.24) is 0 Å². The summed E-state index contributed by atoms with van der Waals surface area (Å²) in [6, 6.07) is 0. The molecule has 0 amide bonds. The summed E-state index contributed by atoms with van der Waals surface area (Å²) in [4.78, 5) is 38.2. The Morgan fingerprint density at radius 3 is 0.772 bits per heavy atom. The summed E-state index contributed by atoms with van der Waals surface area (Å²) in [5, 5.41) is 0. The molecule has 0 saturated carbocycles. The monoisotopic (exact) mass is 1110 g/mol. The van der Waals surface area contributed by atoms with Gasteiger partial charge in [-0.1, -0.05) is 359 Å². The Hall–Kier alpha value is -2.37. The van der Waals surface area contributed by atoms with Crippen LogP contribution < -0.4 is 0 Å². The molecule has 6 heteroatoms. The van der Waals surface area contributed by atoms with Crippen molar-refractivity contribution in [2.45, 2.75) is 399 Å². The van der Waals surface area contributed by atoms with Gasteiger partial charge in [0.1, 0.15) is 13.2 Å². The molecule has 0 aromatic heterocycles. The van der Waals surface area contributed by atoms with Crippen LogP contribution in [-0.4, -0.2) is 37.2 Å². The molecule has 0 fully saturated rings. The SMILES string of the molecule is CC/C=C\C/C=C\C/C=C\CCCCCCCCCC(=O)OC(COC(=O)CCCCCCCCCCCC)COC(=O)CCCCCCCCCCCCCCCCCCCCCCCCCCCCCCCCCCCC. The number of hydrogen-bond acceptors (Lipinski definition) is 6. The second-order valence-electron chi connectivity index (χ2n) is 24.1. The molecule has 0 radical (unpaired) electrons. The average Bonchev–Trinajstić information content (AvgIpc) is 3.45. The first kappa shape index (κ1) is 76.6.